The van der Waals surface area contributed by atoms with Crippen LogP contribution in [0.25, 0.3) is 0 Å². The molecule has 2 aromatic carbocycles. The number of ketones is 1. The van der Waals surface area contributed by atoms with Gasteiger partial charge in [0.25, 0.3) is 0 Å². The Balaban J connectivity index is 1.64. The van der Waals surface area contributed by atoms with E-state index < -0.39 is 21.4 Å². The summed E-state index contributed by atoms with van der Waals surface area (Å²) in [6, 6.07) is 16.3. The molecule has 0 amide bonds. The van der Waals surface area contributed by atoms with Crippen LogP contribution in [-0.4, -0.2) is 44.2 Å². The number of rotatable bonds is 6. The normalized spacial score (nSPS) is 24.0. The molecule has 2 aliphatic heterocycles. The summed E-state index contributed by atoms with van der Waals surface area (Å²) in [4.78, 5) is 26.9. The van der Waals surface area contributed by atoms with E-state index >= 15 is 0 Å². The smallest absolute Gasteiger partial charge is 0.338 e. The highest BCUT2D eigenvalue weighted by molar-refractivity contribution is 7.89. The van der Waals surface area contributed by atoms with Gasteiger partial charge in [-0.3, -0.25) is 4.79 Å². The fourth-order valence-electron chi connectivity index (χ4n) is 5.86. The lowest BCUT2D eigenvalue weighted by molar-refractivity contribution is -0.140. The van der Waals surface area contributed by atoms with Crippen molar-refractivity contribution in [3.05, 3.63) is 88.4 Å². The Morgan fingerprint density at radius 1 is 1.11 bits per heavy atom. The lowest BCUT2D eigenvalue weighted by Gasteiger charge is -2.37. The van der Waals surface area contributed by atoms with E-state index in [1.165, 1.54) is 4.31 Å². The lowest BCUT2D eigenvalue weighted by Crippen LogP contribution is -2.41. The minimum Gasteiger partial charge on any atom is -0.465 e. The zero-order valence-electron chi connectivity index (χ0n) is 20.6. The van der Waals surface area contributed by atoms with Gasteiger partial charge in [0.05, 0.1) is 22.5 Å². The van der Waals surface area contributed by atoms with Crippen molar-refractivity contribution < 1.29 is 27.5 Å². The van der Waals surface area contributed by atoms with Crippen LogP contribution in [0.4, 0.5) is 0 Å². The Morgan fingerprint density at radius 3 is 2.47 bits per heavy atom. The summed E-state index contributed by atoms with van der Waals surface area (Å²) in [6.07, 6.45) is 0.516. The molecule has 2 atom stereocenters. The number of carbonyl (C=O) groups is 2. The van der Waals surface area contributed by atoms with Crippen LogP contribution >= 0.6 is 0 Å². The summed E-state index contributed by atoms with van der Waals surface area (Å²) in [5, 5.41) is 0. The second-order valence-corrected chi connectivity index (χ2v) is 11.6. The third kappa shape index (κ3) is 3.79. The molecule has 2 fully saturated rings. The van der Waals surface area contributed by atoms with Crippen LogP contribution in [0.1, 0.15) is 31.4 Å². The van der Waals surface area contributed by atoms with Gasteiger partial charge in [0.2, 0.25) is 10.0 Å². The van der Waals surface area contributed by atoms with Gasteiger partial charge in [-0.15, -0.1) is 0 Å². The monoisotopic (exact) mass is 507 g/mol. The highest BCUT2D eigenvalue weighted by Gasteiger charge is 2.65. The van der Waals surface area contributed by atoms with E-state index in [0.29, 0.717) is 23.5 Å². The molecule has 1 saturated heterocycles. The molecule has 1 aliphatic carbocycles. The molecule has 0 unspecified atom stereocenters. The van der Waals surface area contributed by atoms with Crippen molar-refractivity contribution in [2.24, 2.45) is 11.3 Å². The Hall–Kier alpha value is -3.23. The number of allylic oxidation sites excluding steroid dienone is 2. The van der Waals surface area contributed by atoms with Crippen molar-refractivity contribution in [2.75, 3.05) is 19.7 Å². The maximum atomic E-state index is 13.6. The van der Waals surface area contributed by atoms with Crippen LogP contribution in [0.2, 0.25) is 0 Å². The molecule has 36 heavy (non-hydrogen) atoms. The van der Waals surface area contributed by atoms with E-state index in [4.69, 9.17) is 9.47 Å². The third-order valence-electron chi connectivity index (χ3n) is 7.40. The standard InChI is InChI=1S/C28H29NO6S/c1-4-34-27(31)25-19(3)35-24(14-20-8-6-5-7-9-20)26-23(30)15-21-16-29(17-28(21,25)26)36(32,33)22-12-10-18(2)11-13-22/h5-13,21H,4,14-17H2,1-3H3/t21-,28+/m0/s1. The van der Waals surface area contributed by atoms with Crippen LogP contribution in [0.3, 0.4) is 0 Å². The number of sulfonamides is 1. The van der Waals surface area contributed by atoms with E-state index in [1.54, 1.807) is 38.1 Å². The molecule has 8 heteroatoms. The number of hydrogen-bond acceptors (Lipinski definition) is 6. The Labute approximate surface area is 211 Å². The number of aryl methyl sites for hydroxylation is 1. The van der Waals surface area contributed by atoms with Crippen molar-refractivity contribution in [2.45, 2.75) is 38.5 Å². The summed E-state index contributed by atoms with van der Waals surface area (Å²) in [5.41, 5.74) is 1.48. The molecule has 3 aliphatic rings. The molecule has 0 bridgehead atoms. The zero-order valence-corrected chi connectivity index (χ0v) is 21.4. The van der Waals surface area contributed by atoms with Gasteiger partial charge >= 0.3 is 5.97 Å². The molecule has 1 spiro atoms. The summed E-state index contributed by atoms with van der Waals surface area (Å²) < 4.78 is 40.2. The van der Waals surface area contributed by atoms with Gasteiger partial charge in [-0.05, 0) is 44.4 Å². The van der Waals surface area contributed by atoms with Gasteiger partial charge in [0.1, 0.15) is 11.5 Å². The van der Waals surface area contributed by atoms with Crippen molar-refractivity contribution >= 4 is 21.8 Å². The van der Waals surface area contributed by atoms with Crippen molar-refractivity contribution in [1.82, 2.24) is 4.31 Å². The van der Waals surface area contributed by atoms with Crippen LogP contribution in [-0.2, 0) is 35.5 Å². The molecule has 0 aromatic heterocycles. The van der Waals surface area contributed by atoms with Crippen molar-refractivity contribution in [3.63, 3.8) is 0 Å². The summed E-state index contributed by atoms with van der Waals surface area (Å²) >= 11 is 0. The number of ether oxygens (including phenoxy) is 2. The SMILES string of the molecule is CCOC(=O)C1=C(C)OC(Cc2ccccc2)=C2C(=O)C[C@H]3CN(S(=O)(=O)c4ccc(C)cc4)C[C@@]123. The van der Waals surface area contributed by atoms with Gasteiger partial charge in [-0.1, -0.05) is 48.0 Å². The van der Waals surface area contributed by atoms with E-state index in [2.05, 4.69) is 0 Å². The molecule has 2 heterocycles. The Bertz CT molecular complexity index is 1390. The van der Waals surface area contributed by atoms with E-state index in [9.17, 15) is 18.0 Å². The number of carbonyl (C=O) groups excluding carboxylic acids is 2. The predicted octanol–water partition coefficient (Wildman–Crippen LogP) is 3.94. The first-order chi connectivity index (χ1) is 17.2. The second-order valence-electron chi connectivity index (χ2n) is 9.62. The third-order valence-corrected chi connectivity index (χ3v) is 9.23. The van der Waals surface area contributed by atoms with Gasteiger partial charge < -0.3 is 9.47 Å². The highest BCUT2D eigenvalue weighted by Crippen LogP contribution is 2.60. The lowest BCUT2D eigenvalue weighted by atomic mass is 9.69. The van der Waals surface area contributed by atoms with Crippen LogP contribution < -0.4 is 0 Å². The predicted molar refractivity (Wildman–Crippen MR) is 133 cm³/mol. The quantitative estimate of drug-likeness (QED) is 0.551. The molecular formula is C28H29NO6S. The van der Waals surface area contributed by atoms with E-state index in [0.717, 1.165) is 11.1 Å². The summed E-state index contributed by atoms with van der Waals surface area (Å²) in [5.74, 6) is -0.219. The first kappa shape index (κ1) is 24.5. The molecule has 188 valence electrons. The van der Waals surface area contributed by atoms with Gasteiger partial charge in [-0.25, -0.2) is 13.2 Å². The maximum absolute atomic E-state index is 13.6. The Kier molecular flexibility index (Phi) is 6.12. The average Bonchev–Trinajstić information content (AvgIpc) is 3.32. The fraction of sp³-hybridized carbons (Fsp3) is 0.357. The van der Waals surface area contributed by atoms with Crippen LogP contribution in [0.5, 0.6) is 0 Å². The largest absolute Gasteiger partial charge is 0.465 e. The molecular weight excluding hydrogens is 478 g/mol. The van der Waals surface area contributed by atoms with E-state index in [-0.39, 0.29) is 48.3 Å². The van der Waals surface area contributed by atoms with Gasteiger partial charge in [0, 0.05) is 31.5 Å². The molecule has 1 saturated carbocycles. The second kappa shape index (κ2) is 9.01. The average molecular weight is 508 g/mol. The van der Waals surface area contributed by atoms with Crippen molar-refractivity contribution in [1.29, 1.82) is 0 Å². The van der Waals surface area contributed by atoms with Gasteiger partial charge in [-0.2, -0.15) is 4.31 Å². The minimum absolute atomic E-state index is 0.0118. The maximum Gasteiger partial charge on any atom is 0.338 e. The summed E-state index contributed by atoms with van der Waals surface area (Å²) in [6.45, 7) is 5.59. The number of nitrogens with zero attached hydrogens (tertiary/aromatic N) is 1. The van der Waals surface area contributed by atoms with Crippen LogP contribution in [0, 0.1) is 18.3 Å². The topological polar surface area (TPSA) is 90.0 Å². The molecule has 7 nitrogen and oxygen atoms in total. The van der Waals surface area contributed by atoms with Crippen LogP contribution in [0.15, 0.2) is 82.2 Å². The molecule has 0 N–H and O–H groups in total. The first-order valence-electron chi connectivity index (χ1n) is 12.1. The number of esters is 1. The van der Waals surface area contributed by atoms with Gasteiger partial charge in [0.15, 0.2) is 5.78 Å². The fourth-order valence-corrected chi connectivity index (χ4v) is 7.39. The Morgan fingerprint density at radius 2 is 1.81 bits per heavy atom. The molecule has 5 rings (SSSR count). The zero-order chi connectivity index (χ0) is 25.7. The number of benzene rings is 2. The van der Waals surface area contributed by atoms with E-state index in [1.807, 2.05) is 37.3 Å². The van der Waals surface area contributed by atoms with Crippen molar-refractivity contribution in [3.8, 4) is 0 Å². The molecule has 0 radical (unpaired) electrons. The number of hydrogen-bond donors (Lipinski definition) is 0. The summed E-state index contributed by atoms with van der Waals surface area (Å²) in [7, 11) is -3.84. The first-order valence-corrected chi connectivity index (χ1v) is 13.6. The number of Topliss-reactive ketones (excluding diaryl/α,β-unsaturated/α-hetero) is 1. The minimum atomic E-state index is -3.84. The highest BCUT2D eigenvalue weighted by atomic mass is 32.2. The molecule has 2 aromatic rings.